The molecule has 3 rings (SSSR count). The Labute approximate surface area is 108 Å². The molecule has 2 heterocycles. The van der Waals surface area contributed by atoms with Gasteiger partial charge in [-0.2, -0.15) is 0 Å². The van der Waals surface area contributed by atoms with Gasteiger partial charge < -0.3 is 13.9 Å². The van der Waals surface area contributed by atoms with Crippen molar-refractivity contribution in [2.24, 2.45) is 0 Å². The van der Waals surface area contributed by atoms with E-state index < -0.39 is 0 Å². The quantitative estimate of drug-likeness (QED) is 0.708. The number of ether oxygens (including phenoxy) is 2. The Hall–Kier alpha value is -1.94. The lowest BCUT2D eigenvalue weighted by Gasteiger charge is -2.09. The van der Waals surface area contributed by atoms with Crippen LogP contribution >= 0.6 is 11.6 Å². The third-order valence-electron chi connectivity index (χ3n) is 2.83. The van der Waals surface area contributed by atoms with Gasteiger partial charge in [0.05, 0.1) is 19.2 Å². The van der Waals surface area contributed by atoms with Gasteiger partial charge in [-0.25, -0.2) is 4.98 Å². The summed E-state index contributed by atoms with van der Waals surface area (Å²) in [4.78, 5) is 4.42. The Balaban J connectivity index is 2.55. The number of para-hydroxylation sites is 1. The molecule has 0 amide bonds. The minimum absolute atomic E-state index is 0.439. The molecule has 0 saturated heterocycles. The van der Waals surface area contributed by atoms with Gasteiger partial charge >= 0.3 is 0 Å². The molecule has 5 heteroatoms. The van der Waals surface area contributed by atoms with Crippen LogP contribution in [0.2, 0.25) is 5.02 Å². The van der Waals surface area contributed by atoms with Crippen molar-refractivity contribution in [2.45, 2.75) is 0 Å². The summed E-state index contributed by atoms with van der Waals surface area (Å²) in [6.07, 6.45) is 1.45. The van der Waals surface area contributed by atoms with Crippen molar-refractivity contribution in [1.82, 2.24) is 4.98 Å². The molecule has 0 aliphatic rings. The standard InChI is InChI=1S/C13H10ClNO3/c1-16-9-5-3-4-7-11(9)15-13-10(12(7)17-2)8(14)6-18-13/h3-6H,1-2H3. The number of halogens is 1. The van der Waals surface area contributed by atoms with E-state index in [4.69, 9.17) is 25.5 Å². The normalized spacial score (nSPS) is 11.1. The van der Waals surface area contributed by atoms with Gasteiger partial charge in [0.2, 0.25) is 5.71 Å². The molecule has 0 N–H and O–H groups in total. The lowest BCUT2D eigenvalue weighted by atomic mass is 10.1. The van der Waals surface area contributed by atoms with E-state index in [0.29, 0.717) is 33.1 Å². The zero-order valence-corrected chi connectivity index (χ0v) is 10.6. The summed E-state index contributed by atoms with van der Waals surface area (Å²) in [5.74, 6) is 1.31. The fourth-order valence-electron chi connectivity index (χ4n) is 2.05. The number of hydrogen-bond donors (Lipinski definition) is 0. The molecule has 3 aromatic rings. The van der Waals surface area contributed by atoms with Gasteiger partial charge in [0, 0.05) is 5.39 Å². The minimum atomic E-state index is 0.439. The highest BCUT2D eigenvalue weighted by Crippen LogP contribution is 2.40. The third kappa shape index (κ3) is 1.42. The SMILES string of the molecule is COc1cccc2c(OC)c3c(Cl)coc3nc12. The predicted molar refractivity (Wildman–Crippen MR) is 69.6 cm³/mol. The van der Waals surface area contributed by atoms with Gasteiger partial charge in [0.15, 0.2) is 0 Å². The van der Waals surface area contributed by atoms with Crippen molar-refractivity contribution in [3.05, 3.63) is 29.5 Å². The van der Waals surface area contributed by atoms with Gasteiger partial charge in [0.1, 0.15) is 28.7 Å². The van der Waals surface area contributed by atoms with Crippen LogP contribution < -0.4 is 9.47 Å². The van der Waals surface area contributed by atoms with E-state index in [-0.39, 0.29) is 0 Å². The van der Waals surface area contributed by atoms with Crippen LogP contribution in [0, 0.1) is 0 Å². The molecule has 0 bridgehead atoms. The zero-order chi connectivity index (χ0) is 12.7. The maximum absolute atomic E-state index is 6.09. The van der Waals surface area contributed by atoms with Crippen LogP contribution in [0.15, 0.2) is 28.9 Å². The maximum Gasteiger partial charge on any atom is 0.231 e. The average molecular weight is 264 g/mol. The fraction of sp³-hybridized carbons (Fsp3) is 0.154. The average Bonchev–Trinajstić information content (AvgIpc) is 2.77. The molecule has 0 aliphatic heterocycles. The molecule has 4 nitrogen and oxygen atoms in total. The summed E-state index contributed by atoms with van der Waals surface area (Å²) in [5, 5.41) is 2.01. The first kappa shape index (κ1) is 11.2. The Morgan fingerprint density at radius 2 is 2.06 bits per heavy atom. The smallest absolute Gasteiger partial charge is 0.231 e. The number of benzene rings is 1. The molecule has 0 aliphatic carbocycles. The minimum Gasteiger partial charge on any atom is -0.495 e. The highest BCUT2D eigenvalue weighted by atomic mass is 35.5. The van der Waals surface area contributed by atoms with E-state index in [9.17, 15) is 0 Å². The molecule has 92 valence electrons. The molecule has 0 radical (unpaired) electrons. The highest BCUT2D eigenvalue weighted by Gasteiger charge is 2.17. The zero-order valence-electron chi connectivity index (χ0n) is 9.86. The van der Waals surface area contributed by atoms with Crippen molar-refractivity contribution in [3.63, 3.8) is 0 Å². The number of methoxy groups -OCH3 is 2. The number of furan rings is 1. The summed E-state index contributed by atoms with van der Waals surface area (Å²) in [6, 6.07) is 5.63. The van der Waals surface area contributed by atoms with E-state index in [2.05, 4.69) is 4.98 Å². The molecule has 0 atom stereocenters. The van der Waals surface area contributed by atoms with Crippen molar-refractivity contribution in [2.75, 3.05) is 14.2 Å². The summed E-state index contributed by atoms with van der Waals surface area (Å²) in [6.45, 7) is 0. The lowest BCUT2D eigenvalue weighted by molar-refractivity contribution is 0.416. The Bertz CT molecular complexity index is 736. The fourth-order valence-corrected chi connectivity index (χ4v) is 2.26. The van der Waals surface area contributed by atoms with Crippen LogP contribution in [-0.2, 0) is 0 Å². The molecule has 0 fully saturated rings. The Kier molecular flexibility index (Phi) is 2.52. The van der Waals surface area contributed by atoms with Crippen molar-refractivity contribution in [3.8, 4) is 11.5 Å². The van der Waals surface area contributed by atoms with E-state index >= 15 is 0 Å². The van der Waals surface area contributed by atoms with Gasteiger partial charge in [-0.3, -0.25) is 0 Å². The number of nitrogens with zero attached hydrogens (tertiary/aromatic N) is 1. The number of rotatable bonds is 2. The molecular weight excluding hydrogens is 254 g/mol. The molecular formula is C13H10ClNO3. The van der Waals surface area contributed by atoms with E-state index in [0.717, 1.165) is 5.39 Å². The van der Waals surface area contributed by atoms with E-state index in [1.165, 1.54) is 6.26 Å². The van der Waals surface area contributed by atoms with Crippen LogP contribution in [0.4, 0.5) is 0 Å². The predicted octanol–water partition coefficient (Wildman–Crippen LogP) is 3.65. The van der Waals surface area contributed by atoms with Gasteiger partial charge in [-0.05, 0) is 12.1 Å². The molecule has 2 aromatic heterocycles. The van der Waals surface area contributed by atoms with Crippen molar-refractivity contribution < 1.29 is 13.9 Å². The number of pyridine rings is 1. The molecule has 0 unspecified atom stereocenters. The topological polar surface area (TPSA) is 44.5 Å². The Morgan fingerprint density at radius 1 is 1.22 bits per heavy atom. The van der Waals surface area contributed by atoms with Gasteiger partial charge in [-0.15, -0.1) is 0 Å². The summed E-state index contributed by atoms with van der Waals surface area (Å²) >= 11 is 6.09. The second kappa shape index (κ2) is 4.07. The van der Waals surface area contributed by atoms with Crippen molar-refractivity contribution >= 4 is 33.6 Å². The monoisotopic (exact) mass is 263 g/mol. The van der Waals surface area contributed by atoms with Gasteiger partial charge in [-0.1, -0.05) is 17.7 Å². The van der Waals surface area contributed by atoms with Gasteiger partial charge in [0.25, 0.3) is 0 Å². The number of hydrogen-bond acceptors (Lipinski definition) is 4. The van der Waals surface area contributed by atoms with E-state index in [1.807, 2.05) is 18.2 Å². The number of fused-ring (bicyclic) bond motifs is 2. The largest absolute Gasteiger partial charge is 0.495 e. The van der Waals surface area contributed by atoms with Crippen LogP contribution in [0.3, 0.4) is 0 Å². The highest BCUT2D eigenvalue weighted by molar-refractivity contribution is 6.36. The van der Waals surface area contributed by atoms with Crippen LogP contribution in [-0.4, -0.2) is 19.2 Å². The lowest BCUT2D eigenvalue weighted by Crippen LogP contribution is -1.92. The molecule has 0 saturated carbocycles. The van der Waals surface area contributed by atoms with Crippen molar-refractivity contribution in [1.29, 1.82) is 0 Å². The molecule has 0 spiro atoms. The first-order chi connectivity index (χ1) is 8.76. The molecule has 1 aromatic carbocycles. The molecule has 18 heavy (non-hydrogen) atoms. The summed E-state index contributed by atoms with van der Waals surface area (Å²) in [7, 11) is 3.19. The summed E-state index contributed by atoms with van der Waals surface area (Å²) < 4.78 is 16.0. The summed E-state index contributed by atoms with van der Waals surface area (Å²) in [5.41, 5.74) is 1.13. The van der Waals surface area contributed by atoms with Crippen LogP contribution in [0.25, 0.3) is 22.0 Å². The number of aromatic nitrogens is 1. The van der Waals surface area contributed by atoms with Crippen LogP contribution in [0.5, 0.6) is 11.5 Å². The Morgan fingerprint density at radius 3 is 2.78 bits per heavy atom. The third-order valence-corrected chi connectivity index (χ3v) is 3.11. The first-order valence-corrected chi connectivity index (χ1v) is 5.71. The second-order valence-electron chi connectivity index (χ2n) is 3.77. The van der Waals surface area contributed by atoms with Crippen LogP contribution in [0.1, 0.15) is 0 Å². The maximum atomic E-state index is 6.09. The van der Waals surface area contributed by atoms with E-state index in [1.54, 1.807) is 14.2 Å². The first-order valence-electron chi connectivity index (χ1n) is 5.33. The second-order valence-corrected chi connectivity index (χ2v) is 4.17.